The molecule has 1 aliphatic heterocycles. The van der Waals surface area contributed by atoms with Gasteiger partial charge in [0, 0.05) is 26.0 Å². The van der Waals surface area contributed by atoms with Gasteiger partial charge in [0.2, 0.25) is 0 Å². The van der Waals surface area contributed by atoms with E-state index in [9.17, 15) is 9.18 Å². The molecule has 2 aromatic carbocycles. The van der Waals surface area contributed by atoms with Gasteiger partial charge in [-0.3, -0.25) is 19.9 Å². The fraction of sp³-hybridized carbons (Fsp3) is 0.259. The molecule has 0 bridgehead atoms. The van der Waals surface area contributed by atoms with Crippen LogP contribution in [0.15, 0.2) is 65.9 Å². The number of halogens is 2. The van der Waals surface area contributed by atoms with Crippen LogP contribution in [0.4, 0.5) is 20.7 Å². The van der Waals surface area contributed by atoms with E-state index in [1.54, 1.807) is 36.9 Å². The summed E-state index contributed by atoms with van der Waals surface area (Å²) >= 11 is 3.48. The normalized spacial score (nSPS) is 16.9. The largest absolute Gasteiger partial charge is 0.447 e. The van der Waals surface area contributed by atoms with E-state index in [1.165, 1.54) is 18.5 Å². The third kappa shape index (κ3) is 5.29. The van der Waals surface area contributed by atoms with Gasteiger partial charge in [-0.05, 0) is 58.6 Å². The highest BCUT2D eigenvalue weighted by Crippen LogP contribution is 2.33. The first-order chi connectivity index (χ1) is 19.5. The summed E-state index contributed by atoms with van der Waals surface area (Å²) in [4.78, 5) is 36.3. The third-order valence-corrected chi connectivity index (χ3v) is 7.42. The molecular weight excluding hydrogens is 583 g/mol. The van der Waals surface area contributed by atoms with Crippen molar-refractivity contribution in [3.8, 4) is 0 Å². The molecule has 6 rings (SSSR count). The molecule has 204 valence electrons. The first kappa shape index (κ1) is 26.0. The second kappa shape index (κ2) is 11.1. The lowest BCUT2D eigenvalue weighted by molar-refractivity contribution is -0.0230. The van der Waals surface area contributed by atoms with Crippen molar-refractivity contribution in [1.82, 2.24) is 29.5 Å². The van der Waals surface area contributed by atoms with Crippen molar-refractivity contribution in [2.75, 3.05) is 23.9 Å². The zero-order valence-corrected chi connectivity index (χ0v) is 23.0. The topological polar surface area (TPSA) is 120 Å². The van der Waals surface area contributed by atoms with Gasteiger partial charge in [0.05, 0.1) is 28.1 Å². The van der Waals surface area contributed by atoms with Crippen molar-refractivity contribution in [2.45, 2.75) is 31.7 Å². The molecule has 1 N–H and O–H groups in total. The van der Waals surface area contributed by atoms with Crippen molar-refractivity contribution < 1.29 is 18.7 Å². The van der Waals surface area contributed by atoms with E-state index < -0.39 is 6.09 Å². The van der Waals surface area contributed by atoms with Gasteiger partial charge >= 0.3 is 6.09 Å². The molecule has 0 saturated carbocycles. The number of anilines is 2. The number of benzene rings is 2. The monoisotopic (exact) mass is 606 g/mol. The van der Waals surface area contributed by atoms with Gasteiger partial charge in [0.1, 0.15) is 30.5 Å². The highest BCUT2D eigenvalue weighted by molar-refractivity contribution is 9.10. The number of fused-ring (bicyclic) bond motifs is 2. The van der Waals surface area contributed by atoms with Crippen LogP contribution in [0.3, 0.4) is 0 Å². The molecule has 0 spiro atoms. The molecular formula is C27H24BrFN8O3. The van der Waals surface area contributed by atoms with Gasteiger partial charge in [-0.15, -0.1) is 0 Å². The molecule has 1 amide bonds. The summed E-state index contributed by atoms with van der Waals surface area (Å²) in [5.41, 5.74) is 3.95. The first-order valence-electron chi connectivity index (χ1n) is 12.6. The summed E-state index contributed by atoms with van der Waals surface area (Å²) in [5.74, 6) is 0.349. The number of carbonyl (C=O) groups is 1. The number of amides is 1. The molecule has 0 aliphatic carbocycles. The Morgan fingerprint density at radius 2 is 2.02 bits per heavy atom. The first-order valence-corrected chi connectivity index (χ1v) is 13.4. The number of nitrogens with zero attached hydrogens (tertiary/aromatic N) is 7. The maximum atomic E-state index is 13.6. The van der Waals surface area contributed by atoms with E-state index in [0.29, 0.717) is 57.6 Å². The van der Waals surface area contributed by atoms with E-state index in [0.717, 1.165) is 5.56 Å². The fourth-order valence-corrected chi connectivity index (χ4v) is 5.28. The van der Waals surface area contributed by atoms with E-state index >= 15 is 0 Å². The highest BCUT2D eigenvalue weighted by atomic mass is 79.9. The van der Waals surface area contributed by atoms with Crippen molar-refractivity contribution in [2.24, 2.45) is 0 Å². The number of aromatic nitrogens is 6. The van der Waals surface area contributed by atoms with Crippen LogP contribution in [0.25, 0.3) is 22.2 Å². The molecule has 13 heteroatoms. The predicted octanol–water partition coefficient (Wildman–Crippen LogP) is 5.23. The van der Waals surface area contributed by atoms with Crippen LogP contribution in [-0.2, 0) is 16.0 Å². The quantitative estimate of drug-likeness (QED) is 0.265. The van der Waals surface area contributed by atoms with Crippen LogP contribution in [0, 0.1) is 5.82 Å². The number of nitrogens with one attached hydrogen (secondary N) is 1. The van der Waals surface area contributed by atoms with Crippen molar-refractivity contribution in [1.29, 1.82) is 0 Å². The summed E-state index contributed by atoms with van der Waals surface area (Å²) in [6.07, 6.45) is 6.57. The Kier molecular flexibility index (Phi) is 7.22. The molecule has 2 atom stereocenters. The van der Waals surface area contributed by atoms with Gasteiger partial charge in [-0.1, -0.05) is 12.1 Å². The van der Waals surface area contributed by atoms with Crippen molar-refractivity contribution in [3.05, 3.63) is 77.3 Å². The lowest BCUT2D eigenvalue weighted by Crippen LogP contribution is -2.22. The van der Waals surface area contributed by atoms with Crippen LogP contribution in [0.1, 0.15) is 24.6 Å². The van der Waals surface area contributed by atoms with Gasteiger partial charge in [0.25, 0.3) is 0 Å². The van der Waals surface area contributed by atoms with Gasteiger partial charge in [-0.2, -0.15) is 0 Å². The highest BCUT2D eigenvalue weighted by Gasteiger charge is 2.29. The third-order valence-electron chi connectivity index (χ3n) is 6.62. The van der Waals surface area contributed by atoms with Gasteiger partial charge in [0.15, 0.2) is 17.0 Å². The van der Waals surface area contributed by atoms with Crippen LogP contribution in [0.5, 0.6) is 0 Å². The zero-order valence-electron chi connectivity index (χ0n) is 21.4. The average molecular weight is 607 g/mol. The zero-order chi connectivity index (χ0) is 27.6. The number of rotatable bonds is 7. The molecule has 1 saturated heterocycles. The predicted molar refractivity (Wildman–Crippen MR) is 149 cm³/mol. The Morgan fingerprint density at radius 1 is 1.15 bits per heavy atom. The lowest BCUT2D eigenvalue weighted by Gasteiger charge is -2.19. The van der Waals surface area contributed by atoms with Crippen molar-refractivity contribution >= 4 is 55.7 Å². The van der Waals surface area contributed by atoms with Gasteiger partial charge in [-0.25, -0.2) is 24.1 Å². The SMILES string of the molecule is CN(Cc1cccc(F)c1)c1ncnc2c1ncn2[C@H]1CC[C@@H](COC(=O)Nc2ccc3nccnc3c2Br)O1. The number of carbonyl (C=O) groups excluding carboxylic acids is 1. The Labute approximate surface area is 236 Å². The summed E-state index contributed by atoms with van der Waals surface area (Å²) in [6.45, 7) is 0.553. The minimum Gasteiger partial charge on any atom is -0.447 e. The minimum atomic E-state index is -0.595. The summed E-state index contributed by atoms with van der Waals surface area (Å²) in [7, 11) is 1.88. The Hall–Kier alpha value is -4.23. The van der Waals surface area contributed by atoms with E-state index in [1.807, 2.05) is 22.6 Å². The lowest BCUT2D eigenvalue weighted by atomic mass is 10.2. The minimum absolute atomic E-state index is 0.0938. The summed E-state index contributed by atoms with van der Waals surface area (Å²) < 4.78 is 27.8. The molecule has 1 fully saturated rings. The molecule has 4 heterocycles. The second-order valence-electron chi connectivity index (χ2n) is 9.37. The average Bonchev–Trinajstić information content (AvgIpc) is 3.60. The molecule has 0 unspecified atom stereocenters. The van der Waals surface area contributed by atoms with Crippen LogP contribution in [0.2, 0.25) is 0 Å². The number of hydrogen-bond acceptors (Lipinski definition) is 9. The van der Waals surface area contributed by atoms with Crippen LogP contribution < -0.4 is 10.2 Å². The summed E-state index contributed by atoms with van der Waals surface area (Å²) in [5, 5.41) is 2.74. The summed E-state index contributed by atoms with van der Waals surface area (Å²) in [6, 6.07) is 9.97. The maximum Gasteiger partial charge on any atom is 0.411 e. The Bertz CT molecular complexity index is 1700. The number of ether oxygens (including phenoxy) is 2. The molecule has 3 aromatic heterocycles. The Balaban J connectivity index is 1.08. The molecule has 11 nitrogen and oxygen atoms in total. The van der Waals surface area contributed by atoms with Crippen LogP contribution in [-0.4, -0.2) is 55.3 Å². The van der Waals surface area contributed by atoms with E-state index in [4.69, 9.17) is 9.47 Å². The van der Waals surface area contributed by atoms with Crippen LogP contribution >= 0.6 is 15.9 Å². The standard InChI is InChI=1S/C27H24BrFN8O3/c1-36(12-16-3-2-4-17(29)11-16)25-24-26(33-14-32-25)37(15-34-24)21-8-5-18(40-21)13-39-27(38)35-19-6-7-20-23(22(19)28)31-10-9-30-20/h2-4,6-7,9-11,14-15,18,21H,5,8,12-13H2,1H3,(H,35,38)/t18-,21+/m0/s1. The molecule has 0 radical (unpaired) electrons. The Morgan fingerprint density at radius 3 is 2.90 bits per heavy atom. The van der Waals surface area contributed by atoms with Crippen molar-refractivity contribution in [3.63, 3.8) is 0 Å². The van der Waals surface area contributed by atoms with E-state index in [-0.39, 0.29) is 24.8 Å². The molecule has 40 heavy (non-hydrogen) atoms. The van der Waals surface area contributed by atoms with E-state index in [2.05, 4.69) is 46.2 Å². The number of imidazole rings is 1. The fourth-order valence-electron chi connectivity index (χ4n) is 4.74. The smallest absolute Gasteiger partial charge is 0.411 e. The molecule has 1 aliphatic rings. The molecule has 5 aromatic rings. The second-order valence-corrected chi connectivity index (χ2v) is 10.2. The number of hydrogen-bond donors (Lipinski definition) is 1. The van der Waals surface area contributed by atoms with Gasteiger partial charge < -0.3 is 14.4 Å². The maximum absolute atomic E-state index is 13.6.